The number of hydrogen-bond acceptors (Lipinski definition) is 7. The third kappa shape index (κ3) is 4.98. The van der Waals surface area contributed by atoms with Gasteiger partial charge < -0.3 is 29.2 Å². The van der Waals surface area contributed by atoms with Gasteiger partial charge in [-0.15, -0.1) is 0 Å². The molecule has 3 atom stereocenters. The first-order chi connectivity index (χ1) is 15.9. The van der Waals surface area contributed by atoms with E-state index in [4.69, 9.17) is 18.9 Å². The Hall–Kier alpha value is -2.27. The minimum absolute atomic E-state index is 0.249. The van der Waals surface area contributed by atoms with Gasteiger partial charge in [0.1, 0.15) is 6.04 Å². The van der Waals surface area contributed by atoms with E-state index in [0.717, 1.165) is 21.3 Å². The van der Waals surface area contributed by atoms with E-state index in [1.807, 2.05) is 30.5 Å². The van der Waals surface area contributed by atoms with Gasteiger partial charge in [-0.05, 0) is 30.2 Å². The first-order valence-electron chi connectivity index (χ1n) is 10.8. The second-order valence-electron chi connectivity index (χ2n) is 8.31. The van der Waals surface area contributed by atoms with Gasteiger partial charge in [-0.2, -0.15) is 0 Å². The molecule has 10 heteroatoms. The number of halogens is 1. The van der Waals surface area contributed by atoms with Crippen LogP contribution in [0.25, 0.3) is 5.57 Å². The van der Waals surface area contributed by atoms with Crippen LogP contribution in [0.5, 0.6) is 0 Å². The van der Waals surface area contributed by atoms with Crippen LogP contribution in [0.4, 0.5) is 4.79 Å². The van der Waals surface area contributed by atoms with Gasteiger partial charge >= 0.3 is 6.09 Å². The topological polar surface area (TPSA) is 98.7 Å². The Morgan fingerprint density at radius 1 is 1.24 bits per heavy atom. The molecule has 0 aromatic heterocycles. The van der Waals surface area contributed by atoms with Crippen LogP contribution in [0, 0.1) is 0 Å². The molecule has 1 aromatic carbocycles. The van der Waals surface area contributed by atoms with Crippen LogP contribution in [0.15, 0.2) is 39.9 Å². The largest absolute Gasteiger partial charge is 0.453 e. The van der Waals surface area contributed by atoms with E-state index < -0.39 is 24.0 Å². The highest BCUT2D eigenvalue weighted by Crippen LogP contribution is 2.38. The monoisotopic (exact) mass is 521 g/mol. The molecule has 0 unspecified atom stereocenters. The van der Waals surface area contributed by atoms with Crippen LogP contribution in [0.3, 0.4) is 0 Å². The van der Waals surface area contributed by atoms with Crippen LogP contribution < -0.4 is 5.32 Å². The van der Waals surface area contributed by atoms with Gasteiger partial charge in [0, 0.05) is 36.3 Å². The third-order valence-electron chi connectivity index (χ3n) is 6.31. The minimum atomic E-state index is -0.928. The maximum atomic E-state index is 13.7. The molecule has 2 amide bonds. The molecule has 0 aliphatic carbocycles. The third-order valence-corrected chi connectivity index (χ3v) is 6.84. The summed E-state index contributed by atoms with van der Waals surface area (Å²) in [6.07, 6.45) is 1.67. The van der Waals surface area contributed by atoms with E-state index in [1.54, 1.807) is 11.8 Å². The molecule has 3 aliphatic heterocycles. The number of ether oxygens (including phenoxy) is 4. The number of benzene rings is 1. The number of carbonyl (C=O) groups excluding carboxylic acids is 2. The lowest BCUT2D eigenvalue weighted by Crippen LogP contribution is -2.56. The molecule has 0 bridgehead atoms. The van der Waals surface area contributed by atoms with E-state index in [9.17, 15) is 9.59 Å². The maximum Gasteiger partial charge on any atom is 0.407 e. The lowest BCUT2D eigenvalue weighted by Gasteiger charge is -2.31. The zero-order valence-electron chi connectivity index (χ0n) is 18.9. The minimum Gasteiger partial charge on any atom is -0.453 e. The molecular weight excluding hydrogens is 494 g/mol. The summed E-state index contributed by atoms with van der Waals surface area (Å²) >= 11 is 3.46. The second kappa shape index (κ2) is 9.92. The summed E-state index contributed by atoms with van der Waals surface area (Å²) < 4.78 is 23.0. The lowest BCUT2D eigenvalue weighted by atomic mass is 9.97. The molecule has 1 aromatic rings. The molecule has 33 heavy (non-hydrogen) atoms. The van der Waals surface area contributed by atoms with Gasteiger partial charge in [0.25, 0.3) is 0 Å². The van der Waals surface area contributed by atoms with Crippen LogP contribution in [-0.2, 0) is 23.7 Å². The Bertz CT molecular complexity index is 957. The SMILES string of the molecule is COC(=O)N[C@H](C(=O)N1CC2(C[C@H]1C1=NC=C(c3ccc(Br)cc3)C1)OCCO2)[C@@H](C)OC. The Balaban J connectivity index is 1.57. The van der Waals surface area contributed by atoms with E-state index in [-0.39, 0.29) is 18.5 Å². The Morgan fingerprint density at radius 2 is 1.94 bits per heavy atom. The summed E-state index contributed by atoms with van der Waals surface area (Å²) in [4.78, 5) is 32.0. The second-order valence-corrected chi connectivity index (χ2v) is 9.22. The zero-order valence-corrected chi connectivity index (χ0v) is 20.5. The van der Waals surface area contributed by atoms with Crippen molar-refractivity contribution in [2.75, 3.05) is 34.0 Å². The number of amides is 2. The van der Waals surface area contributed by atoms with Crippen molar-refractivity contribution in [3.63, 3.8) is 0 Å². The molecular formula is C23H28BrN3O6. The number of allylic oxidation sites excluding steroid dienone is 1. The molecule has 0 saturated carbocycles. The standard InChI is InChI=1S/C23H28BrN3O6/c1-14(30-2)20(26-22(29)31-3)21(28)27-13-23(32-8-9-33-23)11-19(27)18-10-16(12-25-18)15-4-6-17(24)7-5-15/h4-7,12,14,19-20H,8-11,13H2,1-3H3,(H,26,29)/t14-,19+,20+/m1/s1. The Labute approximate surface area is 201 Å². The molecule has 3 heterocycles. The van der Waals surface area contributed by atoms with Crippen molar-refractivity contribution in [1.29, 1.82) is 0 Å². The summed E-state index contributed by atoms with van der Waals surface area (Å²) in [7, 11) is 2.75. The van der Waals surface area contributed by atoms with Gasteiger partial charge in [-0.25, -0.2) is 4.79 Å². The highest BCUT2D eigenvalue weighted by atomic mass is 79.9. The van der Waals surface area contributed by atoms with Crippen molar-refractivity contribution in [3.05, 3.63) is 40.5 Å². The Morgan fingerprint density at radius 3 is 2.58 bits per heavy atom. The normalized spacial score (nSPS) is 23.3. The van der Waals surface area contributed by atoms with E-state index in [1.165, 1.54) is 14.2 Å². The van der Waals surface area contributed by atoms with Crippen LogP contribution >= 0.6 is 15.9 Å². The lowest BCUT2D eigenvalue weighted by molar-refractivity contribution is -0.154. The highest BCUT2D eigenvalue weighted by Gasteiger charge is 2.53. The number of alkyl carbamates (subject to hydrolysis) is 1. The number of aliphatic imine (C=N–C) groups is 1. The van der Waals surface area contributed by atoms with Gasteiger partial charge in [0.2, 0.25) is 5.91 Å². The van der Waals surface area contributed by atoms with Crippen molar-refractivity contribution in [1.82, 2.24) is 10.2 Å². The van der Waals surface area contributed by atoms with Crippen molar-refractivity contribution in [3.8, 4) is 0 Å². The van der Waals surface area contributed by atoms with Crippen molar-refractivity contribution < 1.29 is 28.5 Å². The number of nitrogens with one attached hydrogen (secondary N) is 1. The van der Waals surface area contributed by atoms with Crippen LogP contribution in [0.2, 0.25) is 0 Å². The van der Waals surface area contributed by atoms with E-state index in [2.05, 4.69) is 26.2 Å². The summed E-state index contributed by atoms with van der Waals surface area (Å²) in [5.41, 5.74) is 3.02. The van der Waals surface area contributed by atoms with Crippen LogP contribution in [-0.4, -0.2) is 80.6 Å². The van der Waals surface area contributed by atoms with Gasteiger partial charge in [0.05, 0.1) is 39.0 Å². The molecule has 0 radical (unpaired) electrons. The van der Waals surface area contributed by atoms with E-state index in [0.29, 0.717) is 26.1 Å². The number of carbonyl (C=O) groups is 2. The summed E-state index contributed by atoms with van der Waals surface area (Å²) in [6, 6.07) is 6.79. The fourth-order valence-corrected chi connectivity index (χ4v) is 4.71. The van der Waals surface area contributed by atoms with Gasteiger partial charge in [-0.3, -0.25) is 9.79 Å². The zero-order chi connectivity index (χ0) is 23.6. The number of rotatable bonds is 6. The number of hydrogen-bond donors (Lipinski definition) is 1. The fraction of sp³-hybridized carbons (Fsp3) is 0.522. The van der Waals surface area contributed by atoms with Crippen molar-refractivity contribution in [2.24, 2.45) is 4.99 Å². The molecule has 1 N–H and O–H groups in total. The Kier molecular flexibility index (Phi) is 7.18. The molecule has 9 nitrogen and oxygen atoms in total. The summed E-state index contributed by atoms with van der Waals surface area (Å²) in [5, 5.41) is 2.61. The molecule has 2 fully saturated rings. The predicted molar refractivity (Wildman–Crippen MR) is 125 cm³/mol. The summed E-state index contributed by atoms with van der Waals surface area (Å²) in [5.74, 6) is -1.16. The number of likely N-dealkylation sites (tertiary alicyclic amines) is 1. The highest BCUT2D eigenvalue weighted by molar-refractivity contribution is 9.10. The van der Waals surface area contributed by atoms with Crippen molar-refractivity contribution >= 4 is 39.2 Å². The molecule has 3 aliphatic rings. The number of methoxy groups -OCH3 is 2. The van der Waals surface area contributed by atoms with Crippen LogP contribution in [0.1, 0.15) is 25.3 Å². The molecule has 1 spiro atoms. The molecule has 4 rings (SSSR count). The average Bonchev–Trinajstić information content (AvgIpc) is 3.57. The fourth-order valence-electron chi connectivity index (χ4n) is 4.45. The first kappa shape index (κ1) is 23.9. The average molecular weight is 522 g/mol. The maximum absolute atomic E-state index is 13.7. The predicted octanol–water partition coefficient (Wildman–Crippen LogP) is 2.74. The number of nitrogens with zero attached hydrogens (tertiary/aromatic N) is 2. The van der Waals surface area contributed by atoms with Gasteiger partial charge in [-0.1, -0.05) is 28.1 Å². The summed E-state index contributed by atoms with van der Waals surface area (Å²) in [6.45, 7) is 2.92. The quantitative estimate of drug-likeness (QED) is 0.617. The smallest absolute Gasteiger partial charge is 0.407 e. The molecule has 178 valence electrons. The van der Waals surface area contributed by atoms with E-state index >= 15 is 0 Å². The first-order valence-corrected chi connectivity index (χ1v) is 11.6. The van der Waals surface area contributed by atoms with Crippen molar-refractivity contribution in [2.45, 2.75) is 43.7 Å². The molecule has 2 saturated heterocycles. The van der Waals surface area contributed by atoms with Gasteiger partial charge in [0.15, 0.2) is 5.79 Å².